The van der Waals surface area contributed by atoms with Crippen LogP contribution in [-0.2, 0) is 9.59 Å². The Balaban J connectivity index is 1.70. The molecule has 0 aliphatic carbocycles. The molecule has 3 amide bonds. The summed E-state index contributed by atoms with van der Waals surface area (Å²) in [6.45, 7) is 6.86. The Labute approximate surface area is 191 Å². The molecule has 1 aromatic rings. The van der Waals surface area contributed by atoms with Crippen LogP contribution >= 0.6 is 24.0 Å². The standard InChI is InChI=1S/C20H28N6O3S2/c1-13(2)18(28)22-9-8-21-17(27)7-4-14(3)24-25-16-6-5-15(12-23-16)19(29)26-10-11-31-20(26)30/h5-6,12-13H,4,7-11H2,1-3H3,(H,21,27)(H,22,28)(H,23,25). The van der Waals surface area contributed by atoms with E-state index in [0.29, 0.717) is 48.2 Å². The number of aromatic nitrogens is 1. The number of carbonyl (C=O) groups excluding carboxylic acids is 3. The van der Waals surface area contributed by atoms with E-state index in [1.165, 1.54) is 18.0 Å². The summed E-state index contributed by atoms with van der Waals surface area (Å²) >= 11 is 6.67. The lowest BCUT2D eigenvalue weighted by Gasteiger charge is -2.14. The molecule has 0 aromatic carbocycles. The third-order valence-electron chi connectivity index (χ3n) is 4.36. The van der Waals surface area contributed by atoms with Gasteiger partial charge in [-0.15, -0.1) is 0 Å². The first-order chi connectivity index (χ1) is 14.8. The van der Waals surface area contributed by atoms with Gasteiger partial charge in [-0.25, -0.2) is 4.98 Å². The highest BCUT2D eigenvalue weighted by Gasteiger charge is 2.25. The third-order valence-corrected chi connectivity index (χ3v) is 5.79. The molecule has 1 aromatic heterocycles. The zero-order valence-electron chi connectivity index (χ0n) is 17.9. The molecule has 2 rings (SSSR count). The molecule has 1 fully saturated rings. The van der Waals surface area contributed by atoms with Crippen LogP contribution < -0.4 is 16.1 Å². The fourth-order valence-electron chi connectivity index (χ4n) is 2.50. The number of hydrogen-bond acceptors (Lipinski definition) is 8. The Morgan fingerprint density at radius 1 is 1.23 bits per heavy atom. The molecule has 9 nitrogen and oxygen atoms in total. The Morgan fingerprint density at radius 2 is 1.97 bits per heavy atom. The van der Waals surface area contributed by atoms with Crippen molar-refractivity contribution >= 4 is 57.6 Å². The predicted molar refractivity (Wildman–Crippen MR) is 127 cm³/mol. The second-order valence-electron chi connectivity index (χ2n) is 7.26. The van der Waals surface area contributed by atoms with E-state index in [-0.39, 0.29) is 23.6 Å². The van der Waals surface area contributed by atoms with E-state index in [9.17, 15) is 14.4 Å². The highest BCUT2D eigenvalue weighted by molar-refractivity contribution is 8.23. The second-order valence-corrected chi connectivity index (χ2v) is 8.99. The van der Waals surface area contributed by atoms with Crippen molar-refractivity contribution in [3.63, 3.8) is 0 Å². The summed E-state index contributed by atoms with van der Waals surface area (Å²) in [5.74, 6) is 0.956. The average molecular weight is 465 g/mol. The summed E-state index contributed by atoms with van der Waals surface area (Å²) in [6.07, 6.45) is 2.27. The van der Waals surface area contributed by atoms with Crippen LogP contribution in [0.4, 0.5) is 5.82 Å². The van der Waals surface area contributed by atoms with Crippen molar-refractivity contribution in [1.82, 2.24) is 20.5 Å². The Kier molecular flexibility index (Phi) is 9.86. The van der Waals surface area contributed by atoms with Crippen LogP contribution in [0.5, 0.6) is 0 Å². The Hall–Kier alpha value is -2.53. The van der Waals surface area contributed by atoms with Gasteiger partial charge in [-0.1, -0.05) is 37.8 Å². The maximum Gasteiger partial charge on any atom is 0.260 e. The van der Waals surface area contributed by atoms with Gasteiger partial charge in [0.2, 0.25) is 11.8 Å². The van der Waals surface area contributed by atoms with E-state index >= 15 is 0 Å². The first-order valence-electron chi connectivity index (χ1n) is 10.1. The molecular weight excluding hydrogens is 436 g/mol. The molecule has 1 saturated heterocycles. The van der Waals surface area contributed by atoms with Gasteiger partial charge < -0.3 is 10.6 Å². The molecule has 0 atom stereocenters. The molecule has 11 heteroatoms. The van der Waals surface area contributed by atoms with Crippen molar-refractivity contribution in [3.05, 3.63) is 23.9 Å². The number of thiocarbonyl (C=S) groups is 1. The van der Waals surface area contributed by atoms with E-state index in [1.807, 2.05) is 20.8 Å². The minimum Gasteiger partial charge on any atom is -0.354 e. The van der Waals surface area contributed by atoms with E-state index in [4.69, 9.17) is 12.2 Å². The number of pyridine rings is 1. The van der Waals surface area contributed by atoms with Gasteiger partial charge in [-0.05, 0) is 25.5 Å². The van der Waals surface area contributed by atoms with E-state index in [1.54, 1.807) is 17.0 Å². The molecule has 2 heterocycles. The SMILES string of the molecule is CC(CCC(=O)NCCNC(=O)C(C)C)=NNc1ccc(C(=O)N2CCSC2=S)cn1. The minimum absolute atomic E-state index is 0.0344. The smallest absolute Gasteiger partial charge is 0.260 e. The van der Waals surface area contributed by atoms with Gasteiger partial charge in [0.05, 0.1) is 5.56 Å². The zero-order chi connectivity index (χ0) is 22.8. The Morgan fingerprint density at radius 3 is 2.58 bits per heavy atom. The molecule has 0 spiro atoms. The molecule has 1 aliphatic heterocycles. The van der Waals surface area contributed by atoms with Crippen molar-refractivity contribution < 1.29 is 14.4 Å². The summed E-state index contributed by atoms with van der Waals surface area (Å²) < 4.78 is 0.594. The molecule has 0 radical (unpaired) electrons. The lowest BCUT2D eigenvalue weighted by Crippen LogP contribution is -2.36. The van der Waals surface area contributed by atoms with E-state index in [0.717, 1.165) is 11.5 Å². The third kappa shape index (κ3) is 8.25. The van der Waals surface area contributed by atoms with Crippen molar-refractivity contribution in [3.8, 4) is 0 Å². The van der Waals surface area contributed by atoms with Crippen molar-refractivity contribution in [2.24, 2.45) is 11.0 Å². The van der Waals surface area contributed by atoms with E-state index < -0.39 is 0 Å². The van der Waals surface area contributed by atoms with Gasteiger partial charge in [0, 0.05) is 49.6 Å². The van der Waals surface area contributed by atoms with Crippen molar-refractivity contribution in [1.29, 1.82) is 0 Å². The second kappa shape index (κ2) is 12.4. The number of thioether (sulfide) groups is 1. The monoisotopic (exact) mass is 464 g/mol. The Bertz CT molecular complexity index is 842. The molecule has 168 valence electrons. The maximum absolute atomic E-state index is 12.4. The number of rotatable bonds is 10. The first kappa shape index (κ1) is 24.7. The van der Waals surface area contributed by atoms with Crippen LogP contribution in [0.3, 0.4) is 0 Å². The summed E-state index contributed by atoms with van der Waals surface area (Å²) in [5, 5.41) is 9.72. The number of hydrazone groups is 1. The highest BCUT2D eigenvalue weighted by atomic mass is 32.2. The van der Waals surface area contributed by atoms with Gasteiger partial charge in [0.25, 0.3) is 5.91 Å². The molecule has 0 bridgehead atoms. The van der Waals surface area contributed by atoms with Crippen LogP contribution in [0, 0.1) is 5.92 Å². The minimum atomic E-state index is -0.150. The molecule has 1 aliphatic rings. The topological polar surface area (TPSA) is 116 Å². The maximum atomic E-state index is 12.4. The predicted octanol–water partition coefficient (Wildman–Crippen LogP) is 2.01. The molecule has 0 saturated carbocycles. The number of amides is 3. The first-order valence-corrected chi connectivity index (χ1v) is 11.5. The average Bonchev–Trinajstić information content (AvgIpc) is 3.19. The molecular formula is C20H28N6O3S2. The summed E-state index contributed by atoms with van der Waals surface area (Å²) in [5.41, 5.74) is 4.04. The number of hydrogen-bond donors (Lipinski definition) is 3. The van der Waals surface area contributed by atoms with Gasteiger partial charge >= 0.3 is 0 Å². The molecule has 0 unspecified atom stereocenters. The number of nitrogens with zero attached hydrogens (tertiary/aromatic N) is 3. The van der Waals surface area contributed by atoms with Gasteiger partial charge in [-0.2, -0.15) is 5.10 Å². The van der Waals surface area contributed by atoms with Crippen LogP contribution in [0.25, 0.3) is 0 Å². The number of anilines is 1. The van der Waals surface area contributed by atoms with Crippen LogP contribution in [0.15, 0.2) is 23.4 Å². The molecule has 31 heavy (non-hydrogen) atoms. The van der Waals surface area contributed by atoms with Crippen LogP contribution in [-0.4, -0.2) is 63.0 Å². The van der Waals surface area contributed by atoms with Gasteiger partial charge in [-0.3, -0.25) is 24.7 Å². The number of carbonyl (C=O) groups is 3. The fraction of sp³-hybridized carbons (Fsp3) is 0.500. The number of nitrogens with one attached hydrogen (secondary N) is 3. The zero-order valence-corrected chi connectivity index (χ0v) is 19.6. The van der Waals surface area contributed by atoms with Crippen molar-refractivity contribution in [2.75, 3.05) is 30.8 Å². The quantitative estimate of drug-likeness (QED) is 0.210. The summed E-state index contributed by atoms with van der Waals surface area (Å²) in [4.78, 5) is 41.5. The molecule has 3 N–H and O–H groups in total. The summed E-state index contributed by atoms with van der Waals surface area (Å²) in [6, 6.07) is 3.36. The highest BCUT2D eigenvalue weighted by Crippen LogP contribution is 2.20. The van der Waals surface area contributed by atoms with Gasteiger partial charge in [0.1, 0.15) is 10.1 Å². The van der Waals surface area contributed by atoms with Gasteiger partial charge in [0.15, 0.2) is 0 Å². The van der Waals surface area contributed by atoms with Crippen molar-refractivity contribution in [2.45, 2.75) is 33.6 Å². The summed E-state index contributed by atoms with van der Waals surface area (Å²) in [7, 11) is 0. The lowest BCUT2D eigenvalue weighted by atomic mass is 10.2. The largest absolute Gasteiger partial charge is 0.354 e. The van der Waals surface area contributed by atoms with Crippen LogP contribution in [0.1, 0.15) is 44.0 Å². The normalized spacial score (nSPS) is 14.0. The lowest BCUT2D eigenvalue weighted by molar-refractivity contribution is -0.124. The van der Waals surface area contributed by atoms with Crippen LogP contribution in [0.2, 0.25) is 0 Å². The van der Waals surface area contributed by atoms with E-state index in [2.05, 4.69) is 26.1 Å². The fourth-order valence-corrected chi connectivity index (χ4v) is 3.71.